The maximum atomic E-state index is 11.0. The van der Waals surface area contributed by atoms with Crippen LogP contribution in [0.5, 0.6) is 0 Å². The first-order valence-electron chi connectivity index (χ1n) is 7.37. The van der Waals surface area contributed by atoms with Gasteiger partial charge in [0.2, 0.25) is 0 Å². The lowest BCUT2D eigenvalue weighted by Gasteiger charge is -2.22. The summed E-state index contributed by atoms with van der Waals surface area (Å²) in [7, 11) is 0. The van der Waals surface area contributed by atoms with Gasteiger partial charge in [-0.15, -0.1) is 0 Å². The van der Waals surface area contributed by atoms with E-state index in [9.17, 15) is 4.79 Å². The van der Waals surface area contributed by atoms with Crippen molar-refractivity contribution >= 4 is 5.97 Å². The molecule has 0 saturated carbocycles. The molecule has 1 saturated heterocycles. The van der Waals surface area contributed by atoms with Crippen LogP contribution in [0.3, 0.4) is 0 Å². The Morgan fingerprint density at radius 3 is 2.67 bits per heavy atom. The zero-order valence-electron chi connectivity index (χ0n) is 12.2. The number of rotatable bonds is 6. The molecule has 1 heterocycles. The molecule has 1 fully saturated rings. The van der Waals surface area contributed by atoms with Crippen molar-refractivity contribution < 1.29 is 9.90 Å². The van der Waals surface area contributed by atoms with Crippen LogP contribution in [0.25, 0.3) is 0 Å². The summed E-state index contributed by atoms with van der Waals surface area (Å²) in [5, 5.41) is 9.05. The monoisotopic (exact) mass is 255 g/mol. The van der Waals surface area contributed by atoms with Crippen LogP contribution in [-0.2, 0) is 4.79 Å². The van der Waals surface area contributed by atoms with Gasteiger partial charge in [0.25, 0.3) is 0 Å². The first-order chi connectivity index (χ1) is 8.42. The van der Waals surface area contributed by atoms with E-state index in [2.05, 4.69) is 11.8 Å². The molecule has 1 aliphatic heterocycles. The third-order valence-electron chi connectivity index (χ3n) is 4.21. The number of carbonyl (C=O) groups is 1. The van der Waals surface area contributed by atoms with Gasteiger partial charge in [-0.2, -0.15) is 0 Å². The molecule has 0 aromatic carbocycles. The second-order valence-corrected chi connectivity index (χ2v) is 6.52. The van der Waals surface area contributed by atoms with Gasteiger partial charge < -0.3 is 10.0 Å². The lowest BCUT2D eigenvalue weighted by molar-refractivity contribution is -0.147. The Hall–Kier alpha value is -0.570. The van der Waals surface area contributed by atoms with Gasteiger partial charge in [0.1, 0.15) is 0 Å². The van der Waals surface area contributed by atoms with Crippen molar-refractivity contribution in [3.8, 4) is 0 Å². The minimum absolute atomic E-state index is 0.562. The standard InChI is InChI=1S/C15H29NO2/c1-13-7-6-11-16(12-8-13)10-5-4-9-15(2,3)14(17)18/h13H,4-12H2,1-3H3,(H,17,18). The molecular formula is C15H29NO2. The number of likely N-dealkylation sites (tertiary alicyclic amines) is 1. The summed E-state index contributed by atoms with van der Waals surface area (Å²) in [6.45, 7) is 9.59. The predicted molar refractivity (Wildman–Crippen MR) is 74.7 cm³/mol. The summed E-state index contributed by atoms with van der Waals surface area (Å²) in [6, 6.07) is 0. The van der Waals surface area contributed by atoms with E-state index in [1.165, 1.54) is 32.4 Å². The average Bonchev–Trinajstić information content (AvgIpc) is 2.49. The molecule has 1 unspecified atom stereocenters. The van der Waals surface area contributed by atoms with E-state index in [4.69, 9.17) is 5.11 Å². The van der Waals surface area contributed by atoms with Crippen molar-refractivity contribution in [2.45, 2.75) is 59.3 Å². The first-order valence-corrected chi connectivity index (χ1v) is 7.37. The Kier molecular flexibility index (Phi) is 6.13. The van der Waals surface area contributed by atoms with Gasteiger partial charge in [0.15, 0.2) is 0 Å². The van der Waals surface area contributed by atoms with E-state index >= 15 is 0 Å². The number of carboxylic acids is 1. The molecule has 3 nitrogen and oxygen atoms in total. The molecule has 0 amide bonds. The van der Waals surface area contributed by atoms with Gasteiger partial charge in [-0.25, -0.2) is 0 Å². The number of aliphatic carboxylic acids is 1. The highest BCUT2D eigenvalue weighted by atomic mass is 16.4. The Balaban J connectivity index is 2.16. The van der Waals surface area contributed by atoms with Crippen LogP contribution in [0.1, 0.15) is 59.3 Å². The largest absolute Gasteiger partial charge is 0.481 e. The van der Waals surface area contributed by atoms with Crippen LogP contribution in [0.15, 0.2) is 0 Å². The number of hydrogen-bond donors (Lipinski definition) is 1. The van der Waals surface area contributed by atoms with Crippen molar-refractivity contribution in [3.63, 3.8) is 0 Å². The molecule has 1 atom stereocenters. The van der Waals surface area contributed by atoms with Gasteiger partial charge in [-0.1, -0.05) is 13.3 Å². The maximum absolute atomic E-state index is 11.0. The van der Waals surface area contributed by atoms with Gasteiger partial charge in [0, 0.05) is 0 Å². The topological polar surface area (TPSA) is 40.5 Å². The third-order valence-corrected chi connectivity index (χ3v) is 4.21. The number of nitrogens with zero attached hydrogens (tertiary/aromatic N) is 1. The Bertz CT molecular complexity index is 263. The summed E-state index contributed by atoms with van der Waals surface area (Å²) in [5.41, 5.74) is -0.562. The van der Waals surface area contributed by atoms with Gasteiger partial charge >= 0.3 is 5.97 Å². The molecule has 1 rings (SSSR count). The van der Waals surface area contributed by atoms with E-state index in [0.29, 0.717) is 0 Å². The van der Waals surface area contributed by atoms with Gasteiger partial charge in [-0.05, 0) is 71.5 Å². The fourth-order valence-corrected chi connectivity index (χ4v) is 2.56. The number of unbranched alkanes of at least 4 members (excludes halogenated alkanes) is 1. The highest BCUT2D eigenvalue weighted by Crippen LogP contribution is 2.23. The average molecular weight is 255 g/mol. The molecule has 18 heavy (non-hydrogen) atoms. The summed E-state index contributed by atoms with van der Waals surface area (Å²) in [5.74, 6) is 0.201. The molecule has 106 valence electrons. The van der Waals surface area contributed by atoms with E-state index < -0.39 is 11.4 Å². The molecule has 0 radical (unpaired) electrons. The van der Waals surface area contributed by atoms with E-state index in [1.54, 1.807) is 0 Å². The Labute approximate surface area is 112 Å². The fourth-order valence-electron chi connectivity index (χ4n) is 2.56. The molecule has 0 aromatic heterocycles. The van der Waals surface area contributed by atoms with Crippen molar-refractivity contribution in [1.29, 1.82) is 0 Å². The molecule has 0 spiro atoms. The Morgan fingerprint density at radius 1 is 1.28 bits per heavy atom. The third kappa shape index (κ3) is 5.38. The predicted octanol–water partition coefficient (Wildman–Crippen LogP) is 3.39. The van der Waals surface area contributed by atoms with Crippen molar-refractivity contribution in [2.24, 2.45) is 11.3 Å². The molecule has 1 N–H and O–H groups in total. The summed E-state index contributed by atoms with van der Waals surface area (Å²) in [4.78, 5) is 13.5. The lowest BCUT2D eigenvalue weighted by Crippen LogP contribution is -2.27. The summed E-state index contributed by atoms with van der Waals surface area (Å²) >= 11 is 0. The van der Waals surface area contributed by atoms with Crippen LogP contribution in [0.2, 0.25) is 0 Å². The summed E-state index contributed by atoms with van der Waals surface area (Å²) in [6.07, 6.45) is 6.94. The Morgan fingerprint density at radius 2 is 2.00 bits per heavy atom. The van der Waals surface area contributed by atoms with Gasteiger partial charge in [0.05, 0.1) is 5.41 Å². The van der Waals surface area contributed by atoms with Crippen LogP contribution in [0, 0.1) is 11.3 Å². The molecule has 0 aromatic rings. The minimum Gasteiger partial charge on any atom is -0.481 e. The lowest BCUT2D eigenvalue weighted by atomic mass is 9.87. The van der Waals surface area contributed by atoms with E-state index in [-0.39, 0.29) is 0 Å². The van der Waals surface area contributed by atoms with E-state index in [0.717, 1.165) is 31.7 Å². The molecule has 1 aliphatic rings. The molecule has 0 aliphatic carbocycles. The second-order valence-electron chi connectivity index (χ2n) is 6.52. The van der Waals surface area contributed by atoms with E-state index in [1.807, 2.05) is 13.8 Å². The van der Waals surface area contributed by atoms with Crippen molar-refractivity contribution in [2.75, 3.05) is 19.6 Å². The zero-order valence-corrected chi connectivity index (χ0v) is 12.2. The van der Waals surface area contributed by atoms with Crippen molar-refractivity contribution in [3.05, 3.63) is 0 Å². The molecule has 0 bridgehead atoms. The normalized spacial score (nSPS) is 22.7. The van der Waals surface area contributed by atoms with Crippen LogP contribution in [-0.4, -0.2) is 35.6 Å². The zero-order chi connectivity index (χ0) is 13.6. The number of carboxylic acid groups (broad SMARTS) is 1. The number of hydrogen-bond acceptors (Lipinski definition) is 2. The van der Waals surface area contributed by atoms with Crippen molar-refractivity contribution in [1.82, 2.24) is 4.90 Å². The van der Waals surface area contributed by atoms with Crippen LogP contribution < -0.4 is 0 Å². The second kappa shape index (κ2) is 7.13. The maximum Gasteiger partial charge on any atom is 0.309 e. The highest BCUT2D eigenvalue weighted by molar-refractivity contribution is 5.73. The van der Waals surface area contributed by atoms with Crippen LogP contribution in [0.4, 0.5) is 0 Å². The molecular weight excluding hydrogens is 226 g/mol. The van der Waals surface area contributed by atoms with Gasteiger partial charge in [-0.3, -0.25) is 4.79 Å². The summed E-state index contributed by atoms with van der Waals surface area (Å²) < 4.78 is 0. The smallest absolute Gasteiger partial charge is 0.309 e. The minimum atomic E-state index is -0.675. The van der Waals surface area contributed by atoms with Crippen LogP contribution >= 0.6 is 0 Å². The SMILES string of the molecule is CC1CCCN(CCCCC(C)(C)C(=O)O)CC1. The highest BCUT2D eigenvalue weighted by Gasteiger charge is 2.26. The quantitative estimate of drug-likeness (QED) is 0.740. The fraction of sp³-hybridized carbons (Fsp3) is 0.933. The first kappa shape index (κ1) is 15.5. The molecule has 3 heteroatoms.